The fourth-order valence-electron chi connectivity index (χ4n) is 5.02. The average molecular weight is 618 g/mol. The lowest BCUT2D eigenvalue weighted by atomic mass is 9.95. The van der Waals surface area contributed by atoms with Crippen LogP contribution in [0.2, 0.25) is 0 Å². The van der Waals surface area contributed by atoms with Crippen LogP contribution in [0.5, 0.6) is 11.5 Å². The maximum atomic E-state index is 14.0. The SMILES string of the molecule is CCOC(=O)C1=C(C)N=c2s/c(=C/c3ccc(-c4ccc(C)cc4[N+](=O)[O-])o3)c(=O)n2[C@@H]1c1ccc(OC(C)C)c(OC)c1. The Hall–Kier alpha value is -4.97. The lowest BCUT2D eigenvalue weighted by molar-refractivity contribution is -0.384. The number of ether oxygens (including phenoxy) is 3. The maximum absolute atomic E-state index is 14.0. The monoisotopic (exact) mass is 617 g/mol. The van der Waals surface area contributed by atoms with Gasteiger partial charge in [0.05, 0.1) is 52.2 Å². The molecule has 4 aromatic rings. The first-order valence-electron chi connectivity index (χ1n) is 13.9. The first-order chi connectivity index (χ1) is 21.0. The highest BCUT2D eigenvalue weighted by Crippen LogP contribution is 2.37. The summed E-state index contributed by atoms with van der Waals surface area (Å²) < 4.78 is 24.5. The predicted octanol–water partition coefficient (Wildman–Crippen LogP) is 5.07. The Kier molecular flexibility index (Phi) is 8.54. The fourth-order valence-corrected chi connectivity index (χ4v) is 6.04. The first-order valence-corrected chi connectivity index (χ1v) is 14.7. The van der Waals surface area contributed by atoms with Crippen LogP contribution in [0.1, 0.15) is 50.6 Å². The standard InChI is InChI=1S/C32H31N3O8S/c1-7-41-31(37)28-19(5)33-32-34(29(28)20-9-12-25(42-17(2)3)26(15-20)40-6)30(36)27(44-32)16-21-10-13-24(43-21)22-11-8-18(4)14-23(22)35(38)39/h8-17,29H,7H2,1-6H3/b27-16+/t29-/m1/s1. The number of fused-ring (bicyclic) bond motifs is 1. The number of nitro benzene ring substituents is 1. The molecule has 0 aliphatic carbocycles. The molecule has 5 rings (SSSR count). The molecule has 0 saturated heterocycles. The van der Waals surface area contributed by atoms with Crippen molar-refractivity contribution in [3.8, 4) is 22.8 Å². The maximum Gasteiger partial charge on any atom is 0.338 e. The number of aryl methyl sites for hydroxylation is 1. The Bertz CT molecular complexity index is 1980. The van der Waals surface area contributed by atoms with Crippen molar-refractivity contribution >= 4 is 29.1 Å². The molecule has 0 spiro atoms. The highest BCUT2D eigenvalue weighted by molar-refractivity contribution is 7.07. The molecule has 228 valence electrons. The van der Waals surface area contributed by atoms with Crippen LogP contribution >= 0.6 is 11.3 Å². The minimum atomic E-state index is -0.850. The summed E-state index contributed by atoms with van der Waals surface area (Å²) in [5, 5.41) is 11.6. The smallest absolute Gasteiger partial charge is 0.338 e. The van der Waals surface area contributed by atoms with E-state index in [9.17, 15) is 19.7 Å². The summed E-state index contributed by atoms with van der Waals surface area (Å²) >= 11 is 1.14. The second-order valence-corrected chi connectivity index (χ2v) is 11.4. The molecule has 0 N–H and O–H groups in total. The van der Waals surface area contributed by atoms with Gasteiger partial charge in [0.25, 0.3) is 11.2 Å². The van der Waals surface area contributed by atoms with E-state index in [2.05, 4.69) is 4.99 Å². The van der Waals surface area contributed by atoms with E-state index in [1.807, 2.05) is 13.8 Å². The van der Waals surface area contributed by atoms with Crippen LogP contribution in [-0.2, 0) is 9.53 Å². The number of nitro groups is 1. The summed E-state index contributed by atoms with van der Waals surface area (Å²) in [7, 11) is 1.52. The van der Waals surface area contributed by atoms with E-state index in [1.54, 1.807) is 69.3 Å². The zero-order chi connectivity index (χ0) is 31.7. The van der Waals surface area contributed by atoms with E-state index in [-0.39, 0.29) is 24.0 Å². The van der Waals surface area contributed by atoms with E-state index in [0.717, 1.165) is 16.9 Å². The van der Waals surface area contributed by atoms with E-state index in [0.29, 0.717) is 49.2 Å². The lowest BCUT2D eigenvalue weighted by Crippen LogP contribution is -2.40. The number of nitrogens with zero attached hydrogens (tertiary/aromatic N) is 3. The number of rotatable bonds is 9. The molecule has 0 radical (unpaired) electrons. The van der Waals surface area contributed by atoms with E-state index < -0.39 is 22.5 Å². The Morgan fingerprint density at radius 2 is 1.93 bits per heavy atom. The van der Waals surface area contributed by atoms with Crippen LogP contribution in [-0.4, -0.2) is 35.3 Å². The van der Waals surface area contributed by atoms with Gasteiger partial charge in [-0.05, 0) is 76.1 Å². The van der Waals surface area contributed by atoms with Gasteiger partial charge in [0.1, 0.15) is 11.5 Å². The first kappa shape index (κ1) is 30.5. The molecule has 44 heavy (non-hydrogen) atoms. The largest absolute Gasteiger partial charge is 0.493 e. The molecule has 3 heterocycles. The molecule has 0 bridgehead atoms. The predicted molar refractivity (Wildman–Crippen MR) is 165 cm³/mol. The number of hydrogen-bond acceptors (Lipinski definition) is 10. The van der Waals surface area contributed by atoms with E-state index in [4.69, 9.17) is 18.6 Å². The Balaban J connectivity index is 1.64. The van der Waals surface area contributed by atoms with Gasteiger partial charge in [0.15, 0.2) is 16.3 Å². The second-order valence-electron chi connectivity index (χ2n) is 10.4. The van der Waals surface area contributed by atoms with E-state index >= 15 is 0 Å². The van der Waals surface area contributed by atoms with Crippen molar-refractivity contribution in [1.82, 2.24) is 4.57 Å². The number of allylic oxidation sites excluding steroid dienone is 1. The van der Waals surface area contributed by atoms with Crippen molar-refractivity contribution in [3.05, 3.63) is 106 Å². The van der Waals surface area contributed by atoms with Crippen molar-refractivity contribution < 1.29 is 28.3 Å². The van der Waals surface area contributed by atoms with Gasteiger partial charge in [-0.15, -0.1) is 0 Å². The third kappa shape index (κ3) is 5.80. The number of esters is 1. The molecule has 11 nitrogen and oxygen atoms in total. The van der Waals surface area contributed by atoms with Crippen molar-refractivity contribution in [2.75, 3.05) is 13.7 Å². The molecule has 2 aromatic heterocycles. The summed E-state index contributed by atoms with van der Waals surface area (Å²) in [6, 6.07) is 12.6. The van der Waals surface area contributed by atoms with Crippen LogP contribution in [0.15, 0.2) is 74.0 Å². The molecule has 0 saturated carbocycles. The van der Waals surface area contributed by atoms with Gasteiger partial charge >= 0.3 is 5.97 Å². The van der Waals surface area contributed by atoms with Crippen LogP contribution in [0.25, 0.3) is 17.4 Å². The summed E-state index contributed by atoms with van der Waals surface area (Å²) in [5.41, 5.74) is 1.87. The molecule has 0 amide bonds. The molecule has 0 fully saturated rings. The number of methoxy groups -OCH3 is 1. The Morgan fingerprint density at radius 1 is 1.16 bits per heavy atom. The molecule has 2 aromatic carbocycles. The molecule has 0 unspecified atom stereocenters. The molecule has 12 heteroatoms. The number of aromatic nitrogens is 1. The summed E-state index contributed by atoms with van der Waals surface area (Å²) in [4.78, 5) is 43.4. The summed E-state index contributed by atoms with van der Waals surface area (Å²) in [6.45, 7) is 9.15. The topological polar surface area (TPSA) is 135 Å². The number of furan rings is 1. The summed E-state index contributed by atoms with van der Waals surface area (Å²) in [5.74, 6) is 1.02. The van der Waals surface area contributed by atoms with Gasteiger partial charge in [0, 0.05) is 12.1 Å². The second kappa shape index (κ2) is 12.3. The molecule has 1 atom stereocenters. The number of benzene rings is 2. The van der Waals surface area contributed by atoms with Crippen molar-refractivity contribution in [2.45, 2.75) is 46.8 Å². The van der Waals surface area contributed by atoms with Crippen LogP contribution in [0.4, 0.5) is 5.69 Å². The Labute approximate surface area is 256 Å². The van der Waals surface area contributed by atoms with Crippen molar-refractivity contribution in [2.24, 2.45) is 4.99 Å². The number of carbonyl (C=O) groups excluding carboxylic acids is 1. The van der Waals surface area contributed by atoms with Crippen LogP contribution in [0.3, 0.4) is 0 Å². The van der Waals surface area contributed by atoms with Gasteiger partial charge in [-0.1, -0.05) is 23.5 Å². The van der Waals surface area contributed by atoms with Gasteiger partial charge in [-0.3, -0.25) is 19.5 Å². The molecule has 1 aliphatic rings. The molecular weight excluding hydrogens is 586 g/mol. The van der Waals surface area contributed by atoms with Crippen molar-refractivity contribution in [1.29, 1.82) is 0 Å². The molecular formula is C32H31N3O8S. The zero-order valence-corrected chi connectivity index (χ0v) is 25.9. The average Bonchev–Trinajstić information content (AvgIpc) is 3.56. The van der Waals surface area contributed by atoms with Gasteiger partial charge < -0.3 is 18.6 Å². The lowest BCUT2D eigenvalue weighted by Gasteiger charge is -2.25. The number of thiazole rings is 1. The van der Waals surface area contributed by atoms with Gasteiger partial charge in [0.2, 0.25) is 0 Å². The minimum absolute atomic E-state index is 0.0764. The normalized spacial score (nSPS) is 14.8. The van der Waals surface area contributed by atoms with Crippen molar-refractivity contribution in [3.63, 3.8) is 0 Å². The van der Waals surface area contributed by atoms with Crippen LogP contribution < -0.4 is 24.4 Å². The zero-order valence-electron chi connectivity index (χ0n) is 25.1. The Morgan fingerprint density at radius 3 is 2.61 bits per heavy atom. The summed E-state index contributed by atoms with van der Waals surface area (Å²) in [6.07, 6.45) is 1.47. The van der Waals surface area contributed by atoms with E-state index in [1.165, 1.54) is 17.7 Å². The van der Waals surface area contributed by atoms with Crippen LogP contribution in [0, 0.1) is 17.0 Å². The quantitative estimate of drug-likeness (QED) is 0.144. The third-order valence-corrected chi connectivity index (χ3v) is 7.88. The van der Waals surface area contributed by atoms with Gasteiger partial charge in [-0.25, -0.2) is 9.79 Å². The fraction of sp³-hybridized carbons (Fsp3) is 0.281. The highest BCUT2D eigenvalue weighted by atomic mass is 32.1. The third-order valence-electron chi connectivity index (χ3n) is 6.90. The van der Waals surface area contributed by atoms with Gasteiger partial charge in [-0.2, -0.15) is 0 Å². The highest BCUT2D eigenvalue weighted by Gasteiger charge is 2.34. The molecule has 1 aliphatic heterocycles. The number of hydrogen-bond donors (Lipinski definition) is 0. The minimum Gasteiger partial charge on any atom is -0.493 e. The number of carbonyl (C=O) groups is 1.